The Morgan fingerprint density at radius 1 is 1.15 bits per heavy atom. The third-order valence-corrected chi connectivity index (χ3v) is 3.49. The second kappa shape index (κ2) is 7.41. The molecule has 0 spiro atoms. The van der Waals surface area contributed by atoms with E-state index < -0.39 is 0 Å². The highest BCUT2D eigenvalue weighted by atomic mass is 79.9. The Balaban J connectivity index is 1.79. The van der Waals surface area contributed by atoms with Crippen molar-refractivity contribution in [2.24, 2.45) is 5.73 Å². The van der Waals surface area contributed by atoms with E-state index in [-0.39, 0.29) is 11.9 Å². The Hall–Kier alpha value is -1.39. The summed E-state index contributed by atoms with van der Waals surface area (Å²) in [7, 11) is 0. The van der Waals surface area contributed by atoms with Gasteiger partial charge in [0.25, 0.3) is 0 Å². The van der Waals surface area contributed by atoms with E-state index in [2.05, 4.69) is 15.9 Å². The van der Waals surface area contributed by atoms with Crippen LogP contribution in [0.25, 0.3) is 0 Å². The Morgan fingerprint density at radius 3 is 2.60 bits per heavy atom. The highest BCUT2D eigenvalue weighted by Crippen LogP contribution is 2.17. The molecular weight excluding hydrogens is 321 g/mol. The van der Waals surface area contributed by atoms with Gasteiger partial charge in [-0.05, 0) is 42.7 Å². The molecule has 2 aromatic rings. The number of para-hydroxylation sites is 1. The topological polar surface area (TPSA) is 35.2 Å². The maximum atomic E-state index is 13.7. The summed E-state index contributed by atoms with van der Waals surface area (Å²) >= 11 is 3.24. The van der Waals surface area contributed by atoms with Crippen molar-refractivity contribution in [1.29, 1.82) is 0 Å². The van der Waals surface area contributed by atoms with Gasteiger partial charge in [0.15, 0.2) is 0 Å². The van der Waals surface area contributed by atoms with Crippen LogP contribution in [0.4, 0.5) is 4.39 Å². The van der Waals surface area contributed by atoms with E-state index in [1.165, 1.54) is 6.07 Å². The Kier molecular flexibility index (Phi) is 5.56. The van der Waals surface area contributed by atoms with E-state index in [0.717, 1.165) is 10.2 Å². The van der Waals surface area contributed by atoms with Gasteiger partial charge in [0.1, 0.15) is 11.6 Å². The fraction of sp³-hybridized carbons (Fsp3) is 0.250. The molecule has 0 aliphatic rings. The normalized spacial score (nSPS) is 12.2. The molecular formula is C16H17BrFNO. The minimum Gasteiger partial charge on any atom is -0.494 e. The summed E-state index contributed by atoms with van der Waals surface area (Å²) in [5.74, 6) is 0.605. The molecule has 4 heteroatoms. The predicted octanol–water partition coefficient (Wildman–Crippen LogP) is 3.93. The van der Waals surface area contributed by atoms with Crippen molar-refractivity contribution >= 4 is 15.9 Å². The van der Waals surface area contributed by atoms with Crippen molar-refractivity contribution in [3.8, 4) is 5.75 Å². The number of ether oxygens (including phenoxy) is 1. The lowest BCUT2D eigenvalue weighted by molar-refractivity contribution is 0.297. The summed E-state index contributed by atoms with van der Waals surface area (Å²) in [5.41, 5.74) is 6.66. The van der Waals surface area contributed by atoms with Crippen molar-refractivity contribution in [3.63, 3.8) is 0 Å². The van der Waals surface area contributed by atoms with E-state index in [1.807, 2.05) is 36.4 Å². The van der Waals surface area contributed by atoms with Gasteiger partial charge in [-0.25, -0.2) is 4.39 Å². The summed E-state index contributed by atoms with van der Waals surface area (Å²) < 4.78 is 20.0. The summed E-state index contributed by atoms with van der Waals surface area (Å²) in [6, 6.07) is 14.5. The lowest BCUT2D eigenvalue weighted by atomic mass is 10.0. The van der Waals surface area contributed by atoms with E-state index in [4.69, 9.17) is 10.5 Å². The predicted molar refractivity (Wildman–Crippen MR) is 82.3 cm³/mol. The molecule has 2 N–H and O–H groups in total. The van der Waals surface area contributed by atoms with Crippen LogP contribution in [0.1, 0.15) is 12.0 Å². The third-order valence-electron chi connectivity index (χ3n) is 3.00. The van der Waals surface area contributed by atoms with Crippen molar-refractivity contribution in [3.05, 3.63) is 64.4 Å². The first kappa shape index (κ1) is 15.0. The zero-order valence-corrected chi connectivity index (χ0v) is 12.6. The summed E-state index contributed by atoms with van der Waals surface area (Å²) in [6.45, 7) is 0.531. The molecule has 20 heavy (non-hydrogen) atoms. The molecule has 0 heterocycles. The van der Waals surface area contributed by atoms with Crippen molar-refractivity contribution in [2.45, 2.75) is 18.9 Å². The van der Waals surface area contributed by atoms with Gasteiger partial charge in [-0.3, -0.25) is 0 Å². The average Bonchev–Trinajstić information content (AvgIpc) is 2.43. The van der Waals surface area contributed by atoms with Crippen molar-refractivity contribution < 1.29 is 9.13 Å². The maximum absolute atomic E-state index is 13.7. The van der Waals surface area contributed by atoms with Gasteiger partial charge < -0.3 is 10.5 Å². The first-order valence-corrected chi connectivity index (χ1v) is 7.32. The van der Waals surface area contributed by atoms with Gasteiger partial charge >= 0.3 is 0 Å². The fourth-order valence-corrected chi connectivity index (χ4v) is 2.25. The highest BCUT2D eigenvalue weighted by molar-refractivity contribution is 9.10. The van der Waals surface area contributed by atoms with Gasteiger partial charge in [-0.2, -0.15) is 0 Å². The largest absolute Gasteiger partial charge is 0.494 e. The quantitative estimate of drug-likeness (QED) is 0.866. The minimum atomic E-state index is -0.223. The van der Waals surface area contributed by atoms with Crippen LogP contribution in [0.15, 0.2) is 53.0 Å². The van der Waals surface area contributed by atoms with E-state index >= 15 is 0 Å². The highest BCUT2D eigenvalue weighted by Gasteiger charge is 2.09. The zero-order valence-electron chi connectivity index (χ0n) is 11.1. The van der Waals surface area contributed by atoms with Crippen LogP contribution >= 0.6 is 15.9 Å². The molecule has 0 aliphatic heterocycles. The molecule has 1 atom stereocenters. The van der Waals surface area contributed by atoms with Crippen LogP contribution in [0.2, 0.25) is 0 Å². The summed E-state index contributed by atoms with van der Waals surface area (Å²) in [6.07, 6.45) is 1.20. The van der Waals surface area contributed by atoms with Crippen LogP contribution in [0.3, 0.4) is 0 Å². The third kappa shape index (κ3) is 4.62. The number of nitrogens with two attached hydrogens (primary N) is 1. The second-order valence-corrected chi connectivity index (χ2v) is 5.57. The van der Waals surface area contributed by atoms with Crippen molar-refractivity contribution in [2.75, 3.05) is 6.61 Å². The van der Waals surface area contributed by atoms with E-state index in [9.17, 15) is 4.39 Å². The maximum Gasteiger partial charge on any atom is 0.127 e. The molecule has 0 saturated heterocycles. The van der Waals surface area contributed by atoms with Crippen LogP contribution in [0, 0.1) is 5.82 Å². The van der Waals surface area contributed by atoms with Gasteiger partial charge in [0.2, 0.25) is 0 Å². The standard InChI is InChI=1S/C16H17BrFNO/c17-13-7-6-12(16(18)11-13)10-14(19)8-9-20-15-4-2-1-3-5-15/h1-7,11,14H,8-10,19H2. The van der Waals surface area contributed by atoms with Gasteiger partial charge in [0.05, 0.1) is 6.61 Å². The van der Waals surface area contributed by atoms with Crippen molar-refractivity contribution in [1.82, 2.24) is 0 Å². The molecule has 0 bridgehead atoms. The zero-order chi connectivity index (χ0) is 14.4. The molecule has 0 saturated carbocycles. The number of hydrogen-bond acceptors (Lipinski definition) is 2. The molecule has 0 fully saturated rings. The molecule has 1 unspecified atom stereocenters. The van der Waals surface area contributed by atoms with Gasteiger partial charge in [-0.1, -0.05) is 40.2 Å². The van der Waals surface area contributed by atoms with Crippen LogP contribution in [-0.2, 0) is 6.42 Å². The van der Waals surface area contributed by atoms with E-state index in [0.29, 0.717) is 25.0 Å². The molecule has 0 aromatic heterocycles. The van der Waals surface area contributed by atoms with Crippen LogP contribution in [-0.4, -0.2) is 12.6 Å². The molecule has 2 nitrogen and oxygen atoms in total. The molecule has 0 radical (unpaired) electrons. The minimum absolute atomic E-state index is 0.116. The molecule has 106 valence electrons. The number of benzene rings is 2. The lowest BCUT2D eigenvalue weighted by Crippen LogP contribution is -2.25. The fourth-order valence-electron chi connectivity index (χ4n) is 1.92. The lowest BCUT2D eigenvalue weighted by Gasteiger charge is -2.13. The summed E-state index contributed by atoms with van der Waals surface area (Å²) in [5, 5.41) is 0. The van der Waals surface area contributed by atoms with Crippen LogP contribution < -0.4 is 10.5 Å². The number of rotatable bonds is 6. The number of hydrogen-bond donors (Lipinski definition) is 1. The summed E-state index contributed by atoms with van der Waals surface area (Å²) in [4.78, 5) is 0. The van der Waals surface area contributed by atoms with Crippen LogP contribution in [0.5, 0.6) is 5.75 Å². The Bertz CT molecular complexity index is 547. The average molecular weight is 338 g/mol. The number of halogens is 2. The molecule has 2 aromatic carbocycles. The first-order valence-electron chi connectivity index (χ1n) is 6.52. The van der Waals surface area contributed by atoms with Gasteiger partial charge in [-0.15, -0.1) is 0 Å². The SMILES string of the molecule is NC(CCOc1ccccc1)Cc1ccc(Br)cc1F. The Labute approximate surface area is 126 Å². The van der Waals surface area contributed by atoms with E-state index in [1.54, 1.807) is 6.07 Å². The molecule has 0 amide bonds. The first-order chi connectivity index (χ1) is 9.65. The van der Waals surface area contributed by atoms with Gasteiger partial charge in [0, 0.05) is 10.5 Å². The molecule has 0 aliphatic carbocycles. The smallest absolute Gasteiger partial charge is 0.127 e. The second-order valence-electron chi connectivity index (χ2n) is 4.65. The molecule has 2 rings (SSSR count). The monoisotopic (exact) mass is 337 g/mol. The Morgan fingerprint density at radius 2 is 1.90 bits per heavy atom.